The average Bonchev–Trinajstić information content (AvgIpc) is 2.99. The third kappa shape index (κ3) is 1.59. The van der Waals surface area contributed by atoms with Gasteiger partial charge in [0.1, 0.15) is 6.17 Å². The van der Waals surface area contributed by atoms with Crippen LogP contribution >= 0.6 is 0 Å². The lowest BCUT2D eigenvalue weighted by Gasteiger charge is -2.41. The molecule has 0 amide bonds. The topological polar surface area (TPSA) is 53.7 Å². The summed E-state index contributed by atoms with van der Waals surface area (Å²) in [6.45, 7) is 6.19. The van der Waals surface area contributed by atoms with Crippen LogP contribution in [-0.2, 0) is 0 Å². The van der Waals surface area contributed by atoms with Crippen molar-refractivity contribution in [3.05, 3.63) is 11.9 Å². The zero-order valence-electron chi connectivity index (χ0n) is 11.7. The lowest BCUT2D eigenvalue weighted by Crippen LogP contribution is -2.58. The lowest BCUT2D eigenvalue weighted by atomic mass is 10.1. The molecule has 0 N–H and O–H groups in total. The van der Waals surface area contributed by atoms with E-state index in [0.717, 1.165) is 12.1 Å². The molecule has 2 aliphatic heterocycles. The number of anilines is 1. The van der Waals surface area contributed by atoms with E-state index in [0.29, 0.717) is 12.0 Å². The standard InChI is InChI=1S/C13H19N5O/c1-5-9(3)18-7-14-10-11(18)16(4)13-15-8(2)6-17(13)12(10)19/h6-7,9-11H,5H2,1-4H3. The molecule has 2 aliphatic rings. The van der Waals surface area contributed by atoms with Gasteiger partial charge in [-0.2, -0.15) is 0 Å². The predicted molar refractivity (Wildman–Crippen MR) is 73.7 cm³/mol. The van der Waals surface area contributed by atoms with Crippen LogP contribution in [0.1, 0.15) is 30.8 Å². The first-order valence-corrected chi connectivity index (χ1v) is 6.68. The third-order valence-corrected chi connectivity index (χ3v) is 4.06. The summed E-state index contributed by atoms with van der Waals surface area (Å²) in [5.74, 6) is 0.725. The fourth-order valence-electron chi connectivity index (χ4n) is 2.80. The number of fused-ring (bicyclic) bond motifs is 2. The number of carbonyl (C=O) groups is 1. The van der Waals surface area contributed by atoms with E-state index in [4.69, 9.17) is 0 Å². The Morgan fingerprint density at radius 1 is 1.47 bits per heavy atom. The molecule has 0 fully saturated rings. The minimum Gasteiger partial charge on any atom is -0.337 e. The Kier molecular flexibility index (Phi) is 2.62. The van der Waals surface area contributed by atoms with Crippen LogP contribution < -0.4 is 4.90 Å². The van der Waals surface area contributed by atoms with Crippen molar-refractivity contribution in [2.24, 2.45) is 4.99 Å². The van der Waals surface area contributed by atoms with E-state index in [1.807, 2.05) is 20.3 Å². The van der Waals surface area contributed by atoms with Gasteiger partial charge >= 0.3 is 0 Å². The maximum Gasteiger partial charge on any atom is 0.262 e. The second-order valence-corrected chi connectivity index (χ2v) is 5.33. The number of aryl methyl sites for hydroxylation is 1. The number of nitrogens with zero attached hydrogens (tertiary/aromatic N) is 5. The molecule has 19 heavy (non-hydrogen) atoms. The highest BCUT2D eigenvalue weighted by atomic mass is 16.2. The molecule has 6 heteroatoms. The number of imidazole rings is 1. The smallest absolute Gasteiger partial charge is 0.262 e. The molecule has 3 heterocycles. The van der Waals surface area contributed by atoms with Gasteiger partial charge in [0.25, 0.3) is 5.91 Å². The molecule has 1 aromatic heterocycles. The van der Waals surface area contributed by atoms with Crippen LogP contribution in [0.15, 0.2) is 11.2 Å². The molecule has 0 saturated carbocycles. The Bertz CT molecular complexity index is 549. The number of hydrogen-bond acceptors (Lipinski definition) is 5. The number of carbonyl (C=O) groups excluding carboxylic acids is 1. The summed E-state index contributed by atoms with van der Waals surface area (Å²) in [5.41, 5.74) is 0.856. The van der Waals surface area contributed by atoms with Crippen molar-refractivity contribution < 1.29 is 4.79 Å². The Balaban J connectivity index is 2.03. The Morgan fingerprint density at radius 2 is 2.21 bits per heavy atom. The molecule has 0 radical (unpaired) electrons. The first kappa shape index (κ1) is 12.2. The number of aliphatic imine (C=N–C) groups is 1. The zero-order valence-corrected chi connectivity index (χ0v) is 11.7. The molecule has 3 unspecified atom stereocenters. The highest BCUT2D eigenvalue weighted by Gasteiger charge is 2.46. The van der Waals surface area contributed by atoms with Gasteiger partial charge in [-0.3, -0.25) is 14.4 Å². The molecule has 1 aromatic rings. The normalized spacial score (nSPS) is 26.6. The second-order valence-electron chi connectivity index (χ2n) is 5.33. The van der Waals surface area contributed by atoms with Crippen LogP contribution in [-0.4, -0.2) is 52.0 Å². The van der Waals surface area contributed by atoms with Crippen molar-refractivity contribution in [1.29, 1.82) is 0 Å². The maximum absolute atomic E-state index is 12.5. The molecule has 0 bridgehead atoms. The van der Waals surface area contributed by atoms with Crippen molar-refractivity contribution in [2.45, 2.75) is 45.4 Å². The van der Waals surface area contributed by atoms with E-state index in [9.17, 15) is 4.79 Å². The quantitative estimate of drug-likeness (QED) is 0.800. The summed E-state index contributed by atoms with van der Waals surface area (Å²) in [6.07, 6.45) is 4.57. The Morgan fingerprint density at radius 3 is 2.89 bits per heavy atom. The van der Waals surface area contributed by atoms with Gasteiger partial charge in [0.2, 0.25) is 5.95 Å². The minimum absolute atomic E-state index is 0.0146. The molecule has 3 rings (SSSR count). The highest BCUT2D eigenvalue weighted by Crippen LogP contribution is 2.30. The first-order chi connectivity index (χ1) is 9.04. The average molecular weight is 261 g/mol. The van der Waals surface area contributed by atoms with Crippen molar-refractivity contribution in [3.63, 3.8) is 0 Å². The fourth-order valence-corrected chi connectivity index (χ4v) is 2.80. The van der Waals surface area contributed by atoms with Gasteiger partial charge in [-0.1, -0.05) is 6.92 Å². The third-order valence-electron chi connectivity index (χ3n) is 4.06. The lowest BCUT2D eigenvalue weighted by molar-refractivity contribution is 0.0816. The highest BCUT2D eigenvalue weighted by molar-refractivity contribution is 5.93. The van der Waals surface area contributed by atoms with Gasteiger partial charge in [0, 0.05) is 19.3 Å². The summed E-state index contributed by atoms with van der Waals surface area (Å²) in [5, 5.41) is 0. The van der Waals surface area contributed by atoms with Crippen LogP contribution in [0.5, 0.6) is 0 Å². The first-order valence-electron chi connectivity index (χ1n) is 6.68. The van der Waals surface area contributed by atoms with Gasteiger partial charge in [-0.25, -0.2) is 4.98 Å². The Hall–Kier alpha value is -1.85. The number of hydrogen-bond donors (Lipinski definition) is 0. The molecular weight excluding hydrogens is 242 g/mol. The largest absolute Gasteiger partial charge is 0.337 e. The van der Waals surface area contributed by atoms with E-state index in [1.54, 1.807) is 10.8 Å². The van der Waals surface area contributed by atoms with E-state index in [-0.39, 0.29) is 18.1 Å². The van der Waals surface area contributed by atoms with Crippen LogP contribution in [0.2, 0.25) is 0 Å². The van der Waals surface area contributed by atoms with E-state index in [2.05, 4.69) is 33.6 Å². The molecule has 0 aliphatic carbocycles. The maximum atomic E-state index is 12.5. The van der Waals surface area contributed by atoms with E-state index in [1.165, 1.54) is 0 Å². The van der Waals surface area contributed by atoms with E-state index >= 15 is 0 Å². The molecule has 3 atom stereocenters. The van der Waals surface area contributed by atoms with Crippen LogP contribution in [0.4, 0.5) is 5.95 Å². The van der Waals surface area contributed by atoms with Gasteiger partial charge in [-0.15, -0.1) is 0 Å². The van der Waals surface area contributed by atoms with Crippen molar-refractivity contribution in [1.82, 2.24) is 14.5 Å². The summed E-state index contributed by atoms with van der Waals surface area (Å²) in [6, 6.07) is 0.0108. The summed E-state index contributed by atoms with van der Waals surface area (Å²) in [4.78, 5) is 25.5. The van der Waals surface area contributed by atoms with E-state index < -0.39 is 0 Å². The molecule has 0 saturated heterocycles. The van der Waals surface area contributed by atoms with Crippen LogP contribution in [0, 0.1) is 6.92 Å². The van der Waals surface area contributed by atoms with Crippen molar-refractivity contribution in [3.8, 4) is 0 Å². The second kappa shape index (κ2) is 4.08. The summed E-state index contributed by atoms with van der Waals surface area (Å²) < 4.78 is 1.62. The predicted octanol–water partition coefficient (Wildman–Crippen LogP) is 1.12. The summed E-state index contributed by atoms with van der Waals surface area (Å²) >= 11 is 0. The van der Waals surface area contributed by atoms with Gasteiger partial charge < -0.3 is 9.80 Å². The molecule has 102 valence electrons. The number of aromatic nitrogens is 2. The SMILES string of the molecule is CCC(C)N1C=NC2C(=O)n3cc(C)nc3N(C)C21. The molecule has 6 nitrogen and oxygen atoms in total. The number of rotatable bonds is 2. The number of likely N-dealkylation sites (N-methyl/N-ethyl adjacent to an activating group) is 1. The molecule has 0 aromatic carbocycles. The van der Waals surface area contributed by atoms with Gasteiger partial charge in [0.15, 0.2) is 6.04 Å². The van der Waals surface area contributed by atoms with Gasteiger partial charge in [-0.05, 0) is 20.3 Å². The zero-order chi connectivity index (χ0) is 13.7. The minimum atomic E-state index is -0.347. The molecular formula is C13H19N5O. The van der Waals surface area contributed by atoms with Gasteiger partial charge in [0.05, 0.1) is 12.0 Å². The van der Waals surface area contributed by atoms with Crippen molar-refractivity contribution >= 4 is 18.2 Å². The van der Waals surface area contributed by atoms with Crippen molar-refractivity contribution in [2.75, 3.05) is 11.9 Å². The van der Waals surface area contributed by atoms with Crippen LogP contribution in [0.25, 0.3) is 0 Å². The Labute approximate surface area is 112 Å². The monoisotopic (exact) mass is 261 g/mol. The molecule has 0 spiro atoms. The fraction of sp³-hybridized carbons (Fsp3) is 0.615. The summed E-state index contributed by atoms with van der Waals surface area (Å²) in [7, 11) is 1.98. The van der Waals surface area contributed by atoms with Crippen LogP contribution in [0.3, 0.4) is 0 Å².